The van der Waals surface area contributed by atoms with E-state index in [0.717, 1.165) is 21.9 Å². The minimum absolute atomic E-state index is 0.113. The number of aryl methyl sites for hydroxylation is 1. The van der Waals surface area contributed by atoms with Crippen LogP contribution in [0.4, 0.5) is 23.3 Å². The Hall–Kier alpha value is -3.72. The summed E-state index contributed by atoms with van der Waals surface area (Å²) in [5.74, 6) is 1.64. The van der Waals surface area contributed by atoms with E-state index >= 15 is 0 Å². The number of amides is 1. The minimum Gasteiger partial charge on any atom is -0.497 e. The third kappa shape index (κ3) is 5.89. The first-order valence-corrected chi connectivity index (χ1v) is 9.51. The Kier molecular flexibility index (Phi) is 6.76. The van der Waals surface area contributed by atoms with Gasteiger partial charge in [-0.1, -0.05) is 18.2 Å². The number of nitrogen functional groups attached to an aromatic ring is 1. The number of carbonyl (C=O) groups is 1. The number of methoxy groups -OCH3 is 1. The summed E-state index contributed by atoms with van der Waals surface area (Å²) in [7, 11) is 3.49. The molecule has 0 spiro atoms. The van der Waals surface area contributed by atoms with Gasteiger partial charge in [0.2, 0.25) is 11.9 Å². The first kappa shape index (κ1) is 21.0. The molecular formula is C21H26N7O2+. The van der Waals surface area contributed by atoms with Crippen molar-refractivity contribution in [3.63, 3.8) is 0 Å². The first-order chi connectivity index (χ1) is 14.4. The SMILES string of the molecule is COc1ccc(NC(=O)C[NH+](C)Cc2nc(N)nc(Nc3ccccc3C)n2)cc1. The molecule has 0 aliphatic carbocycles. The van der Waals surface area contributed by atoms with Crippen molar-refractivity contribution < 1.29 is 14.4 Å². The molecule has 0 aliphatic heterocycles. The van der Waals surface area contributed by atoms with Crippen molar-refractivity contribution in [2.75, 3.05) is 37.1 Å². The van der Waals surface area contributed by atoms with Crippen molar-refractivity contribution in [1.82, 2.24) is 15.0 Å². The number of hydrogen-bond donors (Lipinski definition) is 4. The van der Waals surface area contributed by atoms with Crippen molar-refractivity contribution in [2.45, 2.75) is 13.5 Å². The molecule has 0 bridgehead atoms. The van der Waals surface area contributed by atoms with Crippen LogP contribution in [0.5, 0.6) is 5.75 Å². The molecule has 1 aromatic heterocycles. The van der Waals surface area contributed by atoms with Gasteiger partial charge in [0.05, 0.1) is 14.2 Å². The largest absolute Gasteiger partial charge is 0.497 e. The van der Waals surface area contributed by atoms with E-state index in [1.54, 1.807) is 31.4 Å². The number of benzene rings is 2. The van der Waals surface area contributed by atoms with Crippen molar-refractivity contribution in [3.05, 3.63) is 59.9 Å². The minimum atomic E-state index is -0.113. The highest BCUT2D eigenvalue weighted by atomic mass is 16.5. The summed E-state index contributed by atoms with van der Waals surface area (Å²) in [6.45, 7) is 2.66. The van der Waals surface area contributed by atoms with Crippen LogP contribution >= 0.6 is 0 Å². The number of anilines is 4. The van der Waals surface area contributed by atoms with E-state index in [1.807, 2.05) is 38.2 Å². The van der Waals surface area contributed by atoms with Gasteiger partial charge in [-0.3, -0.25) is 4.79 Å². The van der Waals surface area contributed by atoms with E-state index in [9.17, 15) is 4.79 Å². The third-order valence-corrected chi connectivity index (χ3v) is 4.39. The topological polar surface area (TPSA) is 119 Å². The van der Waals surface area contributed by atoms with Crippen molar-refractivity contribution in [2.24, 2.45) is 0 Å². The van der Waals surface area contributed by atoms with Gasteiger partial charge < -0.3 is 26.0 Å². The number of nitrogens with zero attached hydrogens (tertiary/aromatic N) is 3. The van der Waals surface area contributed by atoms with E-state index in [4.69, 9.17) is 10.5 Å². The average molecular weight is 408 g/mol. The lowest BCUT2D eigenvalue weighted by Crippen LogP contribution is -3.08. The van der Waals surface area contributed by atoms with E-state index in [1.165, 1.54) is 0 Å². The number of rotatable bonds is 8. The van der Waals surface area contributed by atoms with Crippen LogP contribution in [0.3, 0.4) is 0 Å². The molecule has 3 aromatic rings. The van der Waals surface area contributed by atoms with Gasteiger partial charge in [0.15, 0.2) is 12.4 Å². The fourth-order valence-electron chi connectivity index (χ4n) is 2.89. The third-order valence-electron chi connectivity index (χ3n) is 4.39. The second-order valence-electron chi connectivity index (χ2n) is 6.96. The molecule has 156 valence electrons. The summed E-state index contributed by atoms with van der Waals surface area (Å²) in [5, 5.41) is 6.03. The average Bonchev–Trinajstić information content (AvgIpc) is 2.69. The lowest BCUT2D eigenvalue weighted by atomic mass is 10.2. The smallest absolute Gasteiger partial charge is 0.279 e. The molecule has 9 heteroatoms. The number of ether oxygens (including phenoxy) is 1. The van der Waals surface area contributed by atoms with Gasteiger partial charge in [-0.05, 0) is 42.8 Å². The van der Waals surface area contributed by atoms with Gasteiger partial charge >= 0.3 is 0 Å². The number of nitrogens with two attached hydrogens (primary N) is 1. The van der Waals surface area contributed by atoms with Crippen molar-refractivity contribution in [1.29, 1.82) is 0 Å². The maximum absolute atomic E-state index is 12.3. The summed E-state index contributed by atoms with van der Waals surface area (Å²) < 4.78 is 5.12. The van der Waals surface area contributed by atoms with E-state index in [0.29, 0.717) is 24.0 Å². The highest BCUT2D eigenvalue weighted by Crippen LogP contribution is 2.17. The summed E-state index contributed by atoms with van der Waals surface area (Å²) in [6.07, 6.45) is 0. The molecule has 1 heterocycles. The Morgan fingerprint density at radius 2 is 1.83 bits per heavy atom. The lowest BCUT2D eigenvalue weighted by molar-refractivity contribution is -0.885. The molecule has 1 amide bonds. The summed E-state index contributed by atoms with van der Waals surface area (Å²) >= 11 is 0. The van der Waals surface area contributed by atoms with Crippen LogP contribution in [-0.2, 0) is 11.3 Å². The fourth-order valence-corrected chi connectivity index (χ4v) is 2.89. The zero-order valence-electron chi connectivity index (χ0n) is 17.3. The molecule has 2 aromatic carbocycles. The van der Waals surface area contributed by atoms with Gasteiger partial charge in [0.1, 0.15) is 12.3 Å². The number of likely N-dealkylation sites (N-methyl/N-ethyl adjacent to an activating group) is 1. The molecule has 0 aliphatic rings. The molecule has 0 saturated carbocycles. The molecule has 0 radical (unpaired) electrons. The maximum Gasteiger partial charge on any atom is 0.279 e. The second kappa shape index (κ2) is 9.66. The van der Waals surface area contributed by atoms with Gasteiger partial charge in [-0.2, -0.15) is 15.0 Å². The normalized spacial score (nSPS) is 11.6. The standard InChI is InChI=1S/C21H25N7O2/c1-14-6-4-5-7-17(14)24-21-26-18(25-20(22)27-21)12-28(2)13-19(29)23-15-8-10-16(30-3)11-9-15/h4-11H,12-13H2,1-3H3,(H,23,29)(H3,22,24,25,26,27)/p+1. The molecule has 1 unspecified atom stereocenters. The number of para-hydroxylation sites is 1. The second-order valence-corrected chi connectivity index (χ2v) is 6.96. The van der Waals surface area contributed by atoms with E-state index < -0.39 is 0 Å². The predicted molar refractivity (Wildman–Crippen MR) is 116 cm³/mol. The van der Waals surface area contributed by atoms with Gasteiger partial charge in [0.25, 0.3) is 5.91 Å². The molecular weight excluding hydrogens is 382 g/mol. The van der Waals surface area contributed by atoms with Crippen LogP contribution < -0.4 is 26.0 Å². The van der Waals surface area contributed by atoms with Crippen LogP contribution in [0.15, 0.2) is 48.5 Å². The molecule has 5 N–H and O–H groups in total. The monoisotopic (exact) mass is 408 g/mol. The Balaban J connectivity index is 1.60. The Bertz CT molecular complexity index is 1010. The molecule has 0 fully saturated rings. The lowest BCUT2D eigenvalue weighted by Gasteiger charge is -2.14. The van der Waals surface area contributed by atoms with Crippen LogP contribution in [0.25, 0.3) is 0 Å². The van der Waals surface area contributed by atoms with Gasteiger partial charge in [-0.25, -0.2) is 0 Å². The van der Waals surface area contributed by atoms with E-state index in [-0.39, 0.29) is 18.4 Å². The predicted octanol–water partition coefficient (Wildman–Crippen LogP) is 1.17. The summed E-state index contributed by atoms with van der Waals surface area (Å²) in [4.78, 5) is 26.0. The highest BCUT2D eigenvalue weighted by Gasteiger charge is 2.14. The Morgan fingerprint density at radius 1 is 1.10 bits per heavy atom. The van der Waals surface area contributed by atoms with Crippen molar-refractivity contribution in [3.8, 4) is 5.75 Å². The zero-order chi connectivity index (χ0) is 21.5. The van der Waals surface area contributed by atoms with Gasteiger partial charge in [0, 0.05) is 11.4 Å². The summed E-state index contributed by atoms with van der Waals surface area (Å²) in [6, 6.07) is 15.0. The van der Waals surface area contributed by atoms with Crippen LogP contribution in [0.2, 0.25) is 0 Å². The zero-order valence-corrected chi connectivity index (χ0v) is 17.3. The molecule has 30 heavy (non-hydrogen) atoms. The van der Waals surface area contributed by atoms with Crippen LogP contribution in [-0.4, -0.2) is 41.6 Å². The Morgan fingerprint density at radius 3 is 2.53 bits per heavy atom. The number of hydrogen-bond acceptors (Lipinski definition) is 7. The van der Waals surface area contributed by atoms with Crippen LogP contribution in [0.1, 0.15) is 11.4 Å². The quantitative estimate of drug-likeness (QED) is 0.442. The molecule has 0 saturated heterocycles. The highest BCUT2D eigenvalue weighted by molar-refractivity contribution is 5.91. The number of carbonyl (C=O) groups excluding carboxylic acids is 1. The number of aromatic nitrogens is 3. The van der Waals surface area contributed by atoms with E-state index in [2.05, 4.69) is 25.6 Å². The summed E-state index contributed by atoms with van der Waals surface area (Å²) in [5.41, 5.74) is 8.53. The molecule has 3 rings (SSSR count). The fraction of sp³-hybridized carbons (Fsp3) is 0.238. The number of nitrogens with one attached hydrogen (secondary N) is 3. The number of quaternary nitrogens is 1. The molecule has 1 atom stereocenters. The molecule has 9 nitrogen and oxygen atoms in total. The van der Waals surface area contributed by atoms with Crippen LogP contribution in [0, 0.1) is 6.92 Å². The Labute approximate surface area is 175 Å². The first-order valence-electron chi connectivity index (χ1n) is 9.51. The van der Waals surface area contributed by atoms with Gasteiger partial charge in [-0.15, -0.1) is 0 Å². The van der Waals surface area contributed by atoms with Crippen molar-refractivity contribution >= 4 is 29.2 Å². The maximum atomic E-state index is 12.3.